The number of imidazole rings is 1. The Labute approximate surface area is 115 Å². The number of nitrogens with zero attached hydrogens (tertiary/aromatic N) is 2. The molecule has 102 valence electrons. The lowest BCUT2D eigenvalue weighted by Crippen LogP contribution is -2.13. The number of aromatic nitrogens is 2. The van der Waals surface area contributed by atoms with E-state index in [2.05, 4.69) is 11.9 Å². The van der Waals surface area contributed by atoms with Gasteiger partial charge in [-0.05, 0) is 36.8 Å². The quantitative estimate of drug-likeness (QED) is 0.768. The van der Waals surface area contributed by atoms with E-state index in [-0.39, 0.29) is 16.8 Å². The molecular weight excluding hydrogens is 270 g/mol. The topological polar surface area (TPSA) is 17.8 Å². The van der Waals surface area contributed by atoms with E-state index in [0.29, 0.717) is 17.9 Å². The smallest absolute Gasteiger partial charge is 0.184 e. The largest absolute Gasteiger partial charge is 0.324 e. The van der Waals surface area contributed by atoms with Gasteiger partial charge in [0.1, 0.15) is 11.3 Å². The monoisotopic (exact) mass is 284 g/mol. The first-order chi connectivity index (χ1) is 9.10. The van der Waals surface area contributed by atoms with E-state index in [1.807, 2.05) is 0 Å². The lowest BCUT2D eigenvalue weighted by molar-refractivity contribution is 0.406. The minimum absolute atomic E-state index is 0.204. The summed E-state index contributed by atoms with van der Waals surface area (Å²) >= 11 is 5.89. The van der Waals surface area contributed by atoms with Crippen molar-refractivity contribution in [3.8, 4) is 0 Å². The van der Waals surface area contributed by atoms with Crippen LogP contribution in [0.3, 0.4) is 0 Å². The van der Waals surface area contributed by atoms with Crippen molar-refractivity contribution in [1.82, 2.24) is 9.55 Å². The highest BCUT2D eigenvalue weighted by Crippen LogP contribution is 2.50. The van der Waals surface area contributed by atoms with Gasteiger partial charge in [0.15, 0.2) is 11.6 Å². The van der Waals surface area contributed by atoms with Crippen LogP contribution in [0.15, 0.2) is 12.1 Å². The number of rotatable bonds is 4. The first-order valence-electron chi connectivity index (χ1n) is 6.49. The average molecular weight is 285 g/mol. The second kappa shape index (κ2) is 4.44. The van der Waals surface area contributed by atoms with Gasteiger partial charge in [-0.15, -0.1) is 11.6 Å². The lowest BCUT2D eigenvalue weighted by Gasteiger charge is -2.16. The Morgan fingerprint density at radius 2 is 2.11 bits per heavy atom. The van der Waals surface area contributed by atoms with E-state index in [9.17, 15) is 8.78 Å². The van der Waals surface area contributed by atoms with Crippen LogP contribution in [0.1, 0.15) is 32.0 Å². The molecule has 1 aliphatic carbocycles. The lowest BCUT2D eigenvalue weighted by atomic mass is 10.0. The molecule has 0 amide bonds. The Kier molecular flexibility index (Phi) is 3.01. The zero-order chi connectivity index (χ0) is 13.6. The molecule has 2 aromatic rings. The third kappa shape index (κ3) is 2.02. The standard InChI is InChI=1S/C14H15ClF2N2/c1-2-14(5-6-14)8-19-11(7-15)18-10-4-3-9(16)12(17)13(10)19/h3-4H,2,5-8H2,1H3. The molecule has 0 aliphatic heterocycles. The highest BCUT2D eigenvalue weighted by atomic mass is 35.5. The van der Waals surface area contributed by atoms with Crippen molar-refractivity contribution in [3.05, 3.63) is 29.6 Å². The third-order valence-corrected chi connectivity index (χ3v) is 4.44. The van der Waals surface area contributed by atoms with Crippen LogP contribution in [0.5, 0.6) is 0 Å². The maximum absolute atomic E-state index is 14.0. The maximum Gasteiger partial charge on any atom is 0.184 e. The van der Waals surface area contributed by atoms with Crippen LogP contribution in [0.4, 0.5) is 8.78 Å². The van der Waals surface area contributed by atoms with E-state index in [4.69, 9.17) is 11.6 Å². The fourth-order valence-electron chi connectivity index (χ4n) is 2.61. The summed E-state index contributed by atoms with van der Waals surface area (Å²) in [6.07, 6.45) is 3.29. The molecule has 1 saturated carbocycles. The molecule has 0 saturated heterocycles. The van der Waals surface area contributed by atoms with Crippen LogP contribution in [0.25, 0.3) is 11.0 Å². The van der Waals surface area contributed by atoms with Crippen LogP contribution >= 0.6 is 11.6 Å². The zero-order valence-corrected chi connectivity index (χ0v) is 11.5. The van der Waals surface area contributed by atoms with Crippen molar-refractivity contribution in [2.45, 2.75) is 38.6 Å². The molecule has 2 nitrogen and oxygen atoms in total. The molecule has 1 fully saturated rings. The predicted molar refractivity (Wildman–Crippen MR) is 71.2 cm³/mol. The van der Waals surface area contributed by atoms with Gasteiger partial charge in [-0.3, -0.25) is 0 Å². The molecule has 0 bridgehead atoms. The minimum atomic E-state index is -0.837. The molecule has 0 spiro atoms. The number of fused-ring (bicyclic) bond motifs is 1. The molecule has 5 heteroatoms. The summed E-state index contributed by atoms with van der Waals surface area (Å²) in [6, 6.07) is 2.62. The van der Waals surface area contributed by atoms with Gasteiger partial charge < -0.3 is 4.57 Å². The highest BCUT2D eigenvalue weighted by molar-refractivity contribution is 6.16. The maximum atomic E-state index is 14.0. The van der Waals surface area contributed by atoms with Gasteiger partial charge in [0.05, 0.1) is 11.4 Å². The summed E-state index contributed by atoms with van der Waals surface area (Å²) in [7, 11) is 0. The molecule has 0 N–H and O–H groups in total. The Balaban J connectivity index is 2.17. The molecule has 19 heavy (non-hydrogen) atoms. The van der Waals surface area contributed by atoms with Gasteiger partial charge in [-0.1, -0.05) is 6.92 Å². The van der Waals surface area contributed by atoms with Crippen LogP contribution in [0.2, 0.25) is 0 Å². The minimum Gasteiger partial charge on any atom is -0.324 e. The fraction of sp³-hybridized carbons (Fsp3) is 0.500. The summed E-state index contributed by atoms with van der Waals surface area (Å²) in [5, 5.41) is 0. The normalized spacial score (nSPS) is 17.1. The van der Waals surface area contributed by atoms with Gasteiger partial charge >= 0.3 is 0 Å². The first-order valence-corrected chi connectivity index (χ1v) is 7.03. The van der Waals surface area contributed by atoms with Crippen molar-refractivity contribution in [2.75, 3.05) is 0 Å². The molecule has 0 unspecified atom stereocenters. The summed E-state index contributed by atoms with van der Waals surface area (Å²) < 4.78 is 29.2. The molecule has 1 heterocycles. The number of hydrogen-bond donors (Lipinski definition) is 0. The van der Waals surface area contributed by atoms with Gasteiger partial charge in [-0.2, -0.15) is 0 Å². The van der Waals surface area contributed by atoms with E-state index in [0.717, 1.165) is 25.3 Å². The molecule has 0 atom stereocenters. The number of hydrogen-bond acceptors (Lipinski definition) is 1. The van der Waals surface area contributed by atoms with Gasteiger partial charge in [0.25, 0.3) is 0 Å². The van der Waals surface area contributed by atoms with Crippen molar-refractivity contribution < 1.29 is 8.78 Å². The summed E-state index contributed by atoms with van der Waals surface area (Å²) in [5.41, 5.74) is 0.935. The zero-order valence-electron chi connectivity index (χ0n) is 10.7. The van der Waals surface area contributed by atoms with Crippen molar-refractivity contribution in [2.24, 2.45) is 5.41 Å². The number of benzene rings is 1. The van der Waals surface area contributed by atoms with Crippen LogP contribution in [-0.2, 0) is 12.4 Å². The van der Waals surface area contributed by atoms with Crippen molar-refractivity contribution in [3.63, 3.8) is 0 Å². The van der Waals surface area contributed by atoms with Gasteiger partial charge in [0, 0.05) is 6.54 Å². The fourth-order valence-corrected chi connectivity index (χ4v) is 2.82. The van der Waals surface area contributed by atoms with Crippen molar-refractivity contribution >= 4 is 22.6 Å². The predicted octanol–water partition coefficient (Wildman–Crippen LogP) is 4.24. The summed E-state index contributed by atoms with van der Waals surface area (Å²) in [6.45, 7) is 2.80. The second-order valence-corrected chi connectivity index (χ2v) is 5.60. The Hall–Kier alpha value is -1.16. The molecule has 1 aliphatic rings. The number of halogens is 3. The third-order valence-electron chi connectivity index (χ3n) is 4.20. The van der Waals surface area contributed by atoms with Crippen LogP contribution < -0.4 is 0 Å². The Bertz CT molecular complexity index is 632. The van der Waals surface area contributed by atoms with Gasteiger partial charge in [-0.25, -0.2) is 13.8 Å². The van der Waals surface area contributed by atoms with Crippen molar-refractivity contribution in [1.29, 1.82) is 0 Å². The molecule has 1 aromatic heterocycles. The van der Waals surface area contributed by atoms with E-state index >= 15 is 0 Å². The summed E-state index contributed by atoms with van der Waals surface area (Å²) in [5.74, 6) is -0.847. The van der Waals surface area contributed by atoms with Crippen LogP contribution in [0, 0.1) is 17.0 Å². The molecule has 3 rings (SSSR count). The molecule has 1 aromatic carbocycles. The SMILES string of the molecule is CCC1(Cn2c(CCl)nc3ccc(F)c(F)c32)CC1. The average Bonchev–Trinajstić information content (AvgIpc) is 3.10. The Morgan fingerprint density at radius 3 is 2.68 bits per heavy atom. The molecular formula is C14H15ClF2N2. The Morgan fingerprint density at radius 1 is 1.37 bits per heavy atom. The van der Waals surface area contributed by atoms with Crippen LogP contribution in [-0.4, -0.2) is 9.55 Å². The second-order valence-electron chi connectivity index (χ2n) is 5.33. The summed E-state index contributed by atoms with van der Waals surface area (Å²) in [4.78, 5) is 4.30. The molecule has 0 radical (unpaired) electrons. The van der Waals surface area contributed by atoms with E-state index < -0.39 is 11.6 Å². The first kappa shape index (κ1) is 12.9. The van der Waals surface area contributed by atoms with E-state index in [1.165, 1.54) is 6.07 Å². The highest BCUT2D eigenvalue weighted by Gasteiger charge is 2.41. The van der Waals surface area contributed by atoms with Gasteiger partial charge in [0.2, 0.25) is 0 Å². The number of alkyl halides is 1. The van der Waals surface area contributed by atoms with E-state index in [1.54, 1.807) is 4.57 Å².